The molecule has 1 N–H and O–H groups in total. The largest absolute Gasteiger partial charge is 0.271 e. The maximum absolute atomic E-state index is 12.8. The minimum absolute atomic E-state index is 0.361. The minimum Gasteiger partial charge on any atom is -0.267 e. The highest BCUT2D eigenvalue weighted by Gasteiger charge is 2.06. The lowest BCUT2D eigenvalue weighted by Gasteiger charge is -2.07. The average Bonchev–Trinajstić information content (AvgIpc) is 2.47. The monoisotopic (exact) mass is 284 g/mol. The number of aryl methyl sites for hydroxylation is 2. The number of benzene rings is 2. The quantitative estimate of drug-likeness (QED) is 0.679. The summed E-state index contributed by atoms with van der Waals surface area (Å²) in [4.78, 5) is 11.9. The minimum atomic E-state index is -0.374. The fourth-order valence-electron chi connectivity index (χ4n) is 1.99. The Bertz CT molecular complexity index is 690. The zero-order valence-electron chi connectivity index (χ0n) is 12.3. The van der Waals surface area contributed by atoms with Gasteiger partial charge in [0, 0.05) is 11.1 Å². The van der Waals surface area contributed by atoms with Crippen LogP contribution in [-0.4, -0.2) is 11.6 Å². The van der Waals surface area contributed by atoms with E-state index in [1.54, 1.807) is 0 Å². The molecule has 0 fully saturated rings. The lowest BCUT2D eigenvalue weighted by Crippen LogP contribution is -2.19. The number of nitrogens with one attached hydrogen (secondary N) is 1. The molecule has 2 rings (SSSR count). The van der Waals surface area contributed by atoms with Gasteiger partial charge in [-0.2, -0.15) is 5.10 Å². The summed E-state index contributed by atoms with van der Waals surface area (Å²) in [6.45, 7) is 5.84. The Morgan fingerprint density at radius 1 is 1.10 bits per heavy atom. The van der Waals surface area contributed by atoms with Crippen LogP contribution >= 0.6 is 0 Å². The molecule has 0 aromatic heterocycles. The Morgan fingerprint density at radius 2 is 1.76 bits per heavy atom. The predicted molar refractivity (Wildman–Crippen MR) is 82.0 cm³/mol. The molecule has 0 bridgehead atoms. The Labute approximate surface area is 123 Å². The summed E-state index contributed by atoms with van der Waals surface area (Å²) < 4.78 is 12.8. The number of rotatable bonds is 3. The fourth-order valence-corrected chi connectivity index (χ4v) is 1.99. The molecule has 0 heterocycles. The van der Waals surface area contributed by atoms with Crippen molar-refractivity contribution >= 4 is 11.6 Å². The summed E-state index contributed by atoms with van der Waals surface area (Å²) >= 11 is 0. The molecule has 0 saturated heterocycles. The van der Waals surface area contributed by atoms with Crippen molar-refractivity contribution in [2.75, 3.05) is 0 Å². The Hall–Kier alpha value is -2.49. The molecular weight excluding hydrogens is 267 g/mol. The summed E-state index contributed by atoms with van der Waals surface area (Å²) in [6.07, 6.45) is 0. The van der Waals surface area contributed by atoms with E-state index >= 15 is 0 Å². The number of hydrogen-bond acceptors (Lipinski definition) is 2. The van der Waals surface area contributed by atoms with Crippen molar-refractivity contribution in [2.24, 2.45) is 5.10 Å². The zero-order chi connectivity index (χ0) is 15.4. The van der Waals surface area contributed by atoms with Crippen LogP contribution in [-0.2, 0) is 0 Å². The SMILES string of the molecule is C/C(=N/NC(=O)c1ccc(F)cc1)c1cc(C)ccc1C. The molecule has 0 aliphatic carbocycles. The normalized spacial score (nSPS) is 11.3. The van der Waals surface area contributed by atoms with Gasteiger partial charge in [-0.15, -0.1) is 0 Å². The van der Waals surface area contributed by atoms with Crippen LogP contribution in [0, 0.1) is 19.7 Å². The van der Waals surface area contributed by atoms with Crippen LogP contribution in [0.1, 0.15) is 34.0 Å². The van der Waals surface area contributed by atoms with Crippen LogP contribution in [0.2, 0.25) is 0 Å². The van der Waals surface area contributed by atoms with E-state index in [0.717, 1.165) is 22.4 Å². The summed E-state index contributed by atoms with van der Waals surface area (Å²) in [6, 6.07) is 11.4. The van der Waals surface area contributed by atoms with Crippen LogP contribution in [0.3, 0.4) is 0 Å². The van der Waals surface area contributed by atoms with E-state index in [4.69, 9.17) is 0 Å². The molecule has 0 spiro atoms. The van der Waals surface area contributed by atoms with Gasteiger partial charge in [-0.1, -0.05) is 17.7 Å². The molecule has 4 heteroatoms. The molecular formula is C17H17FN2O. The van der Waals surface area contributed by atoms with E-state index in [-0.39, 0.29) is 11.7 Å². The van der Waals surface area contributed by atoms with Gasteiger partial charge < -0.3 is 0 Å². The van der Waals surface area contributed by atoms with E-state index in [1.165, 1.54) is 24.3 Å². The van der Waals surface area contributed by atoms with Crippen LogP contribution in [0.5, 0.6) is 0 Å². The van der Waals surface area contributed by atoms with Gasteiger partial charge in [-0.3, -0.25) is 4.79 Å². The average molecular weight is 284 g/mol. The van der Waals surface area contributed by atoms with Crippen molar-refractivity contribution in [3.63, 3.8) is 0 Å². The van der Waals surface area contributed by atoms with E-state index in [9.17, 15) is 9.18 Å². The third kappa shape index (κ3) is 3.75. The fraction of sp³-hybridized carbons (Fsp3) is 0.176. The summed E-state index contributed by atoms with van der Waals surface area (Å²) in [5.74, 6) is -0.735. The lowest BCUT2D eigenvalue weighted by molar-refractivity contribution is 0.0955. The van der Waals surface area contributed by atoms with Gasteiger partial charge in [0.2, 0.25) is 0 Å². The molecule has 21 heavy (non-hydrogen) atoms. The van der Waals surface area contributed by atoms with E-state index in [2.05, 4.69) is 10.5 Å². The topological polar surface area (TPSA) is 41.5 Å². The zero-order valence-corrected chi connectivity index (χ0v) is 12.3. The molecule has 2 aromatic carbocycles. The van der Waals surface area contributed by atoms with Gasteiger partial charge in [0.05, 0.1) is 5.71 Å². The maximum Gasteiger partial charge on any atom is 0.271 e. The predicted octanol–water partition coefficient (Wildman–Crippen LogP) is 3.60. The smallest absolute Gasteiger partial charge is 0.267 e. The second-order valence-electron chi connectivity index (χ2n) is 4.96. The number of amides is 1. The molecule has 108 valence electrons. The highest BCUT2D eigenvalue weighted by atomic mass is 19.1. The van der Waals surface area contributed by atoms with Crippen LogP contribution in [0.15, 0.2) is 47.6 Å². The van der Waals surface area contributed by atoms with Crippen LogP contribution < -0.4 is 5.43 Å². The first-order chi connectivity index (χ1) is 9.97. The van der Waals surface area contributed by atoms with Crippen molar-refractivity contribution < 1.29 is 9.18 Å². The maximum atomic E-state index is 12.8. The van der Waals surface area contributed by atoms with E-state index in [1.807, 2.05) is 39.0 Å². The van der Waals surface area contributed by atoms with Gasteiger partial charge in [0.15, 0.2) is 0 Å². The van der Waals surface area contributed by atoms with Gasteiger partial charge in [-0.25, -0.2) is 9.82 Å². The Balaban J connectivity index is 2.14. The van der Waals surface area contributed by atoms with Gasteiger partial charge in [0.1, 0.15) is 5.82 Å². The first kappa shape index (κ1) is 14.9. The lowest BCUT2D eigenvalue weighted by atomic mass is 10.0. The molecule has 0 radical (unpaired) electrons. The number of nitrogens with zero attached hydrogens (tertiary/aromatic N) is 1. The van der Waals surface area contributed by atoms with Gasteiger partial charge in [-0.05, 0) is 56.7 Å². The molecule has 0 unspecified atom stereocenters. The number of halogens is 1. The molecule has 2 aromatic rings. The van der Waals surface area contributed by atoms with E-state index < -0.39 is 0 Å². The second-order valence-corrected chi connectivity index (χ2v) is 4.96. The molecule has 0 aliphatic rings. The summed E-state index contributed by atoms with van der Waals surface area (Å²) in [7, 11) is 0. The second kappa shape index (κ2) is 6.31. The summed E-state index contributed by atoms with van der Waals surface area (Å²) in [5, 5.41) is 4.12. The van der Waals surface area contributed by atoms with Crippen molar-refractivity contribution in [3.8, 4) is 0 Å². The van der Waals surface area contributed by atoms with Gasteiger partial charge >= 0.3 is 0 Å². The highest BCUT2D eigenvalue weighted by molar-refractivity contribution is 6.01. The number of hydrogen-bond donors (Lipinski definition) is 1. The Kier molecular flexibility index (Phi) is 4.48. The molecule has 0 atom stereocenters. The summed E-state index contributed by atoms with van der Waals surface area (Å²) in [5.41, 5.74) is 6.81. The van der Waals surface area contributed by atoms with Gasteiger partial charge in [0.25, 0.3) is 5.91 Å². The standard InChI is InChI=1S/C17H17FN2O/c1-11-4-5-12(2)16(10-11)13(3)19-20-17(21)14-6-8-15(18)9-7-14/h4-10H,1-3H3,(H,20,21)/b19-13-. The van der Waals surface area contributed by atoms with Crippen molar-refractivity contribution in [3.05, 3.63) is 70.5 Å². The van der Waals surface area contributed by atoms with Crippen molar-refractivity contribution in [1.29, 1.82) is 0 Å². The number of hydrazone groups is 1. The van der Waals surface area contributed by atoms with E-state index in [0.29, 0.717) is 5.56 Å². The van der Waals surface area contributed by atoms with Crippen LogP contribution in [0.25, 0.3) is 0 Å². The number of carbonyl (C=O) groups is 1. The van der Waals surface area contributed by atoms with Crippen molar-refractivity contribution in [1.82, 2.24) is 5.43 Å². The molecule has 0 aliphatic heterocycles. The van der Waals surface area contributed by atoms with Crippen molar-refractivity contribution in [2.45, 2.75) is 20.8 Å². The first-order valence-electron chi connectivity index (χ1n) is 6.65. The molecule has 0 saturated carbocycles. The van der Waals surface area contributed by atoms with Crippen LogP contribution in [0.4, 0.5) is 4.39 Å². The first-order valence-corrected chi connectivity index (χ1v) is 6.65. The molecule has 1 amide bonds. The molecule has 3 nitrogen and oxygen atoms in total. The third-order valence-corrected chi connectivity index (χ3v) is 3.21. The third-order valence-electron chi connectivity index (χ3n) is 3.21. The Morgan fingerprint density at radius 3 is 2.43 bits per heavy atom. The number of carbonyl (C=O) groups excluding carboxylic acids is 1. The highest BCUT2D eigenvalue weighted by Crippen LogP contribution is 2.11.